The van der Waals surface area contributed by atoms with Crippen LogP contribution in [0.25, 0.3) is 22.6 Å². The van der Waals surface area contributed by atoms with E-state index in [1.807, 2.05) is 49.0 Å². The zero-order valence-electron chi connectivity index (χ0n) is 21.2. The maximum atomic E-state index is 13.6. The lowest BCUT2D eigenvalue weighted by Gasteiger charge is -2.31. The molecule has 3 aromatic heterocycles. The van der Waals surface area contributed by atoms with E-state index in [-0.39, 0.29) is 5.91 Å². The van der Waals surface area contributed by atoms with E-state index in [9.17, 15) is 4.79 Å². The average Bonchev–Trinajstić information content (AvgIpc) is 3.55. The summed E-state index contributed by atoms with van der Waals surface area (Å²) in [5, 5.41) is 13.1. The van der Waals surface area contributed by atoms with Crippen molar-refractivity contribution in [3.63, 3.8) is 0 Å². The summed E-state index contributed by atoms with van der Waals surface area (Å²) in [6, 6.07) is 9.89. The van der Waals surface area contributed by atoms with Crippen molar-refractivity contribution >= 4 is 23.3 Å². The number of likely N-dealkylation sites (tertiary alicyclic amines) is 1. The van der Waals surface area contributed by atoms with Crippen LogP contribution in [0.5, 0.6) is 0 Å². The number of nitrogens with zero attached hydrogens (tertiary/aromatic N) is 8. The van der Waals surface area contributed by atoms with Crippen LogP contribution in [0.2, 0.25) is 5.15 Å². The van der Waals surface area contributed by atoms with Crippen molar-refractivity contribution in [2.24, 2.45) is 20.0 Å². The fourth-order valence-corrected chi connectivity index (χ4v) is 5.78. The molecule has 0 aliphatic carbocycles. The second kappa shape index (κ2) is 9.39. The Balaban J connectivity index is 1.30. The maximum Gasteiger partial charge on any atom is 0.260 e. The van der Waals surface area contributed by atoms with Gasteiger partial charge in [-0.25, -0.2) is 4.98 Å². The smallest absolute Gasteiger partial charge is 0.260 e. The predicted octanol–water partition coefficient (Wildman–Crippen LogP) is 4.32. The van der Waals surface area contributed by atoms with Crippen LogP contribution in [0.1, 0.15) is 41.3 Å². The first-order valence-corrected chi connectivity index (χ1v) is 13.0. The van der Waals surface area contributed by atoms with Crippen molar-refractivity contribution in [3.05, 3.63) is 64.7 Å². The standard InChI is InChI=1S/C27H29ClN8O/c1-17-5-4-8-35(13-17)14-18-9-23(28)31-24(10-18)36-15-20-7-6-19(11-21(20)27(36)37)25-22(12-30-34(25)3)26-32-29-16-33(26)2/h6-7,9-12,16-17H,4-5,8,13-15H2,1-3H3/t17-/m0/s1. The molecule has 9 nitrogen and oxygen atoms in total. The summed E-state index contributed by atoms with van der Waals surface area (Å²) >= 11 is 6.43. The minimum absolute atomic E-state index is 0.0773. The zero-order valence-corrected chi connectivity index (χ0v) is 22.0. The first-order valence-electron chi connectivity index (χ1n) is 12.6. The van der Waals surface area contributed by atoms with Gasteiger partial charge in [-0.2, -0.15) is 5.10 Å². The predicted molar refractivity (Wildman–Crippen MR) is 142 cm³/mol. The molecule has 1 fully saturated rings. The van der Waals surface area contributed by atoms with E-state index in [4.69, 9.17) is 11.6 Å². The molecule has 0 bridgehead atoms. The van der Waals surface area contributed by atoms with E-state index < -0.39 is 0 Å². The Labute approximate surface area is 220 Å². The lowest BCUT2D eigenvalue weighted by Crippen LogP contribution is -2.33. The lowest BCUT2D eigenvalue weighted by molar-refractivity contribution is 0.0996. The van der Waals surface area contributed by atoms with Crippen LogP contribution in [-0.4, -0.2) is 53.4 Å². The highest BCUT2D eigenvalue weighted by Gasteiger charge is 2.31. The fraction of sp³-hybridized carbons (Fsp3) is 0.370. The Kier molecular flexibility index (Phi) is 6.04. The highest BCUT2D eigenvalue weighted by Crippen LogP contribution is 2.35. The molecule has 0 saturated carbocycles. The van der Waals surface area contributed by atoms with E-state index in [1.165, 1.54) is 12.8 Å². The van der Waals surface area contributed by atoms with Gasteiger partial charge in [0.25, 0.3) is 5.91 Å². The third kappa shape index (κ3) is 4.42. The third-order valence-corrected chi connectivity index (χ3v) is 7.54. The number of piperidine rings is 1. The van der Waals surface area contributed by atoms with Gasteiger partial charge < -0.3 is 4.57 Å². The number of rotatable bonds is 5. The summed E-state index contributed by atoms with van der Waals surface area (Å²) in [4.78, 5) is 22.3. The quantitative estimate of drug-likeness (QED) is 0.367. The molecule has 5 heterocycles. The molecule has 0 spiro atoms. The number of carbonyl (C=O) groups is 1. The number of fused-ring (bicyclic) bond motifs is 1. The van der Waals surface area contributed by atoms with E-state index in [0.717, 1.165) is 53.4 Å². The van der Waals surface area contributed by atoms with Crippen molar-refractivity contribution in [3.8, 4) is 22.6 Å². The largest absolute Gasteiger partial charge is 0.317 e. The highest BCUT2D eigenvalue weighted by molar-refractivity contribution is 6.29. The van der Waals surface area contributed by atoms with E-state index >= 15 is 0 Å². The van der Waals surface area contributed by atoms with Crippen molar-refractivity contribution in [2.75, 3.05) is 18.0 Å². The molecule has 2 aliphatic heterocycles. The highest BCUT2D eigenvalue weighted by atomic mass is 35.5. The van der Waals surface area contributed by atoms with Gasteiger partial charge in [-0.15, -0.1) is 10.2 Å². The Morgan fingerprint density at radius 3 is 2.78 bits per heavy atom. The number of benzene rings is 1. The number of pyridine rings is 1. The monoisotopic (exact) mass is 516 g/mol. The van der Waals surface area contributed by atoms with E-state index in [2.05, 4.69) is 32.1 Å². The molecular weight excluding hydrogens is 488 g/mol. The Hall–Kier alpha value is -3.56. The van der Waals surface area contributed by atoms with E-state index in [0.29, 0.717) is 29.0 Å². The fourth-order valence-electron chi connectivity index (χ4n) is 5.56. The number of amides is 1. The zero-order chi connectivity index (χ0) is 25.7. The van der Waals surface area contributed by atoms with Crippen LogP contribution in [0.4, 0.5) is 5.82 Å². The number of hydrogen-bond donors (Lipinski definition) is 0. The molecule has 2 aliphatic rings. The average molecular weight is 517 g/mol. The van der Waals surface area contributed by atoms with Crippen molar-refractivity contribution in [1.29, 1.82) is 0 Å². The molecule has 6 rings (SSSR count). The molecule has 1 atom stereocenters. The van der Waals surface area contributed by atoms with Crippen molar-refractivity contribution < 1.29 is 4.79 Å². The van der Waals surface area contributed by atoms with Crippen LogP contribution in [-0.2, 0) is 27.2 Å². The van der Waals surface area contributed by atoms with Gasteiger partial charge in [0.05, 0.1) is 24.0 Å². The molecule has 1 saturated heterocycles. The van der Waals surface area contributed by atoms with Gasteiger partial charge >= 0.3 is 0 Å². The number of hydrogen-bond acceptors (Lipinski definition) is 6. The molecular formula is C27H29ClN8O. The summed E-state index contributed by atoms with van der Waals surface area (Å²) < 4.78 is 3.66. The minimum Gasteiger partial charge on any atom is -0.317 e. The Morgan fingerprint density at radius 2 is 2.00 bits per heavy atom. The molecule has 0 radical (unpaired) electrons. The third-order valence-electron chi connectivity index (χ3n) is 7.34. The van der Waals surface area contributed by atoms with Gasteiger partial charge in [0.1, 0.15) is 17.3 Å². The molecule has 0 unspecified atom stereocenters. The summed E-state index contributed by atoms with van der Waals surface area (Å²) in [6.07, 6.45) is 5.93. The minimum atomic E-state index is -0.0773. The molecule has 10 heteroatoms. The van der Waals surface area contributed by atoms with Gasteiger partial charge in [-0.3, -0.25) is 19.3 Å². The number of aromatic nitrogens is 6. The first-order chi connectivity index (χ1) is 17.9. The number of halogens is 1. The van der Waals surface area contributed by atoms with Gasteiger partial charge in [-0.1, -0.05) is 30.7 Å². The van der Waals surface area contributed by atoms with E-state index in [1.54, 1.807) is 22.1 Å². The van der Waals surface area contributed by atoms with Crippen LogP contribution in [0.15, 0.2) is 42.9 Å². The van der Waals surface area contributed by atoms with Gasteiger partial charge in [-0.05, 0) is 54.6 Å². The number of anilines is 1. The van der Waals surface area contributed by atoms with Gasteiger partial charge in [0, 0.05) is 38.3 Å². The maximum absolute atomic E-state index is 13.6. The van der Waals surface area contributed by atoms with Crippen LogP contribution in [0, 0.1) is 5.92 Å². The molecule has 37 heavy (non-hydrogen) atoms. The molecule has 0 N–H and O–H groups in total. The normalized spacial score (nSPS) is 18.0. The summed E-state index contributed by atoms with van der Waals surface area (Å²) in [7, 11) is 3.78. The Morgan fingerprint density at radius 1 is 1.14 bits per heavy atom. The van der Waals surface area contributed by atoms with Gasteiger partial charge in [0.15, 0.2) is 5.82 Å². The van der Waals surface area contributed by atoms with Crippen molar-refractivity contribution in [1.82, 2.24) is 34.4 Å². The topological polar surface area (TPSA) is 85.0 Å². The SMILES string of the molecule is C[C@H]1CCCN(Cc2cc(Cl)nc(N3Cc4ccc(-c5c(-c6nncn6C)cnn5C)cc4C3=O)c2)C1. The molecule has 4 aromatic rings. The number of carbonyl (C=O) groups excluding carboxylic acids is 1. The first kappa shape index (κ1) is 23.8. The number of aryl methyl sites for hydroxylation is 2. The van der Waals surface area contributed by atoms with Crippen molar-refractivity contribution in [2.45, 2.75) is 32.9 Å². The van der Waals surface area contributed by atoms with Crippen LogP contribution in [0.3, 0.4) is 0 Å². The summed E-state index contributed by atoms with van der Waals surface area (Å²) in [6.45, 7) is 5.73. The summed E-state index contributed by atoms with van der Waals surface area (Å²) in [5.41, 5.74) is 5.34. The van der Waals surface area contributed by atoms with Gasteiger partial charge in [0.2, 0.25) is 0 Å². The summed E-state index contributed by atoms with van der Waals surface area (Å²) in [5.74, 6) is 1.93. The second-order valence-corrected chi connectivity index (χ2v) is 10.6. The van der Waals surface area contributed by atoms with Crippen LogP contribution >= 0.6 is 11.6 Å². The Bertz CT molecular complexity index is 1490. The molecule has 190 valence electrons. The molecule has 1 amide bonds. The van der Waals surface area contributed by atoms with Crippen LogP contribution < -0.4 is 4.90 Å². The molecule has 1 aromatic carbocycles. The second-order valence-electron chi connectivity index (χ2n) is 10.2. The lowest BCUT2D eigenvalue weighted by atomic mass is 10.00.